The van der Waals surface area contributed by atoms with E-state index in [1.54, 1.807) is 0 Å². The third-order valence-corrected chi connectivity index (χ3v) is 2.60. The highest BCUT2D eigenvalue weighted by molar-refractivity contribution is 5.38. The van der Waals surface area contributed by atoms with E-state index in [1.165, 1.54) is 0 Å². The Morgan fingerprint density at radius 2 is 2.07 bits per heavy atom. The molecule has 1 atom stereocenters. The minimum absolute atomic E-state index is 0.266. The summed E-state index contributed by atoms with van der Waals surface area (Å²) >= 11 is 0. The summed E-state index contributed by atoms with van der Waals surface area (Å²) in [6, 6.07) is 4.04. The Bertz CT molecular complexity index is 288. The molecule has 1 aromatic heterocycles. The highest BCUT2D eigenvalue weighted by Crippen LogP contribution is 2.21. The summed E-state index contributed by atoms with van der Waals surface area (Å²) < 4.78 is 0. The second kappa shape index (κ2) is 3.96. The molecule has 0 bridgehead atoms. The summed E-state index contributed by atoms with van der Waals surface area (Å²) in [6.07, 6.45) is 2.77. The number of hydrogen-bond acceptors (Lipinski definition) is 3. The van der Waals surface area contributed by atoms with Gasteiger partial charge in [-0.05, 0) is 25.0 Å². The monoisotopic (exact) mass is 193 g/mol. The zero-order valence-corrected chi connectivity index (χ0v) is 9.41. The van der Waals surface area contributed by atoms with Gasteiger partial charge in [0.1, 0.15) is 5.82 Å². The zero-order valence-electron chi connectivity index (χ0n) is 9.41. The van der Waals surface area contributed by atoms with E-state index in [2.05, 4.69) is 11.9 Å². The number of anilines is 1. The summed E-state index contributed by atoms with van der Waals surface area (Å²) in [5.41, 5.74) is 6.93. The van der Waals surface area contributed by atoms with Crippen LogP contribution in [-0.4, -0.2) is 19.1 Å². The molecule has 3 heteroatoms. The molecule has 0 fully saturated rings. The minimum atomic E-state index is -0.266. The van der Waals surface area contributed by atoms with Crippen LogP contribution in [0.15, 0.2) is 18.3 Å². The van der Waals surface area contributed by atoms with Crippen LogP contribution in [0.25, 0.3) is 0 Å². The molecule has 0 saturated carbocycles. The van der Waals surface area contributed by atoms with Gasteiger partial charge in [-0.1, -0.05) is 13.0 Å². The Labute approximate surface area is 85.9 Å². The average molecular weight is 193 g/mol. The molecular weight excluding hydrogens is 174 g/mol. The van der Waals surface area contributed by atoms with Gasteiger partial charge in [-0.3, -0.25) is 0 Å². The lowest BCUT2D eigenvalue weighted by molar-refractivity contribution is 0.475. The van der Waals surface area contributed by atoms with Crippen LogP contribution in [-0.2, 0) is 5.54 Å². The first-order chi connectivity index (χ1) is 6.47. The van der Waals surface area contributed by atoms with Gasteiger partial charge in [0.15, 0.2) is 0 Å². The molecule has 3 nitrogen and oxygen atoms in total. The molecular formula is C11H19N3. The van der Waals surface area contributed by atoms with E-state index in [-0.39, 0.29) is 5.54 Å². The summed E-state index contributed by atoms with van der Waals surface area (Å²) in [4.78, 5) is 6.31. The normalized spacial score (nSPS) is 14.9. The SMILES string of the molecule is CCC(C)(N)c1ccc(N(C)C)nc1. The van der Waals surface area contributed by atoms with Gasteiger partial charge in [-0.15, -0.1) is 0 Å². The quantitative estimate of drug-likeness (QED) is 0.795. The van der Waals surface area contributed by atoms with Crippen molar-refractivity contribution in [3.05, 3.63) is 23.9 Å². The average Bonchev–Trinajstić information content (AvgIpc) is 2.18. The van der Waals surface area contributed by atoms with Gasteiger partial charge in [0.05, 0.1) is 0 Å². The van der Waals surface area contributed by atoms with Crippen molar-refractivity contribution in [3.63, 3.8) is 0 Å². The van der Waals surface area contributed by atoms with Crippen molar-refractivity contribution in [1.82, 2.24) is 4.98 Å². The van der Waals surface area contributed by atoms with Crippen molar-refractivity contribution >= 4 is 5.82 Å². The Balaban J connectivity index is 2.94. The van der Waals surface area contributed by atoms with Crippen LogP contribution in [0.5, 0.6) is 0 Å². The summed E-state index contributed by atoms with van der Waals surface area (Å²) in [6.45, 7) is 4.11. The molecule has 0 spiro atoms. The molecule has 0 aliphatic rings. The molecule has 0 amide bonds. The second-order valence-electron chi connectivity index (χ2n) is 4.07. The Morgan fingerprint density at radius 1 is 1.43 bits per heavy atom. The molecule has 1 aromatic rings. The van der Waals surface area contributed by atoms with Crippen LogP contribution >= 0.6 is 0 Å². The molecule has 1 unspecified atom stereocenters. The maximum absolute atomic E-state index is 6.11. The first-order valence-electron chi connectivity index (χ1n) is 4.90. The standard InChI is InChI=1S/C11H19N3/c1-5-11(2,12)9-6-7-10(13-8-9)14(3)4/h6-8H,5,12H2,1-4H3. The molecule has 0 saturated heterocycles. The Morgan fingerprint density at radius 3 is 2.43 bits per heavy atom. The van der Waals surface area contributed by atoms with Crippen molar-refractivity contribution in [2.75, 3.05) is 19.0 Å². The van der Waals surface area contributed by atoms with Crippen molar-refractivity contribution in [2.45, 2.75) is 25.8 Å². The predicted octanol–water partition coefficient (Wildman–Crippen LogP) is 1.73. The molecule has 1 heterocycles. The lowest BCUT2D eigenvalue weighted by Gasteiger charge is -2.23. The number of hydrogen-bond donors (Lipinski definition) is 1. The zero-order chi connectivity index (χ0) is 10.8. The highest BCUT2D eigenvalue weighted by atomic mass is 15.1. The summed E-state index contributed by atoms with van der Waals surface area (Å²) in [5.74, 6) is 0.959. The third-order valence-electron chi connectivity index (χ3n) is 2.60. The topological polar surface area (TPSA) is 42.1 Å². The smallest absolute Gasteiger partial charge is 0.127 e. The first-order valence-corrected chi connectivity index (χ1v) is 4.90. The van der Waals surface area contributed by atoms with Gasteiger partial charge in [0, 0.05) is 25.8 Å². The van der Waals surface area contributed by atoms with Gasteiger partial charge in [0.25, 0.3) is 0 Å². The fourth-order valence-corrected chi connectivity index (χ4v) is 1.19. The minimum Gasteiger partial charge on any atom is -0.363 e. The number of aromatic nitrogens is 1. The van der Waals surface area contributed by atoms with Crippen LogP contribution in [0.1, 0.15) is 25.8 Å². The molecule has 0 aliphatic heterocycles. The molecule has 0 aliphatic carbocycles. The van der Waals surface area contributed by atoms with Crippen LogP contribution in [0.3, 0.4) is 0 Å². The van der Waals surface area contributed by atoms with Crippen molar-refractivity contribution < 1.29 is 0 Å². The van der Waals surface area contributed by atoms with Gasteiger partial charge in [-0.2, -0.15) is 0 Å². The van der Waals surface area contributed by atoms with Crippen molar-refractivity contribution in [1.29, 1.82) is 0 Å². The van der Waals surface area contributed by atoms with E-state index in [9.17, 15) is 0 Å². The van der Waals surface area contributed by atoms with Crippen LogP contribution in [0.4, 0.5) is 5.82 Å². The Hall–Kier alpha value is -1.09. The lowest BCUT2D eigenvalue weighted by Crippen LogP contribution is -2.32. The van der Waals surface area contributed by atoms with Crippen LogP contribution in [0.2, 0.25) is 0 Å². The highest BCUT2D eigenvalue weighted by Gasteiger charge is 2.18. The largest absolute Gasteiger partial charge is 0.363 e. The summed E-state index contributed by atoms with van der Waals surface area (Å²) in [7, 11) is 3.95. The van der Waals surface area contributed by atoms with E-state index in [0.29, 0.717) is 0 Å². The fraction of sp³-hybridized carbons (Fsp3) is 0.545. The van der Waals surface area contributed by atoms with Gasteiger partial charge in [-0.25, -0.2) is 4.98 Å². The molecule has 0 aromatic carbocycles. The molecule has 78 valence electrons. The third kappa shape index (κ3) is 2.23. The van der Waals surface area contributed by atoms with Crippen LogP contribution in [0, 0.1) is 0 Å². The number of pyridine rings is 1. The summed E-state index contributed by atoms with van der Waals surface area (Å²) in [5, 5.41) is 0. The van der Waals surface area contributed by atoms with Gasteiger partial charge < -0.3 is 10.6 Å². The predicted molar refractivity (Wildman–Crippen MR) is 60.4 cm³/mol. The van der Waals surface area contributed by atoms with E-state index < -0.39 is 0 Å². The first kappa shape index (κ1) is 11.0. The maximum Gasteiger partial charge on any atom is 0.127 e. The van der Waals surface area contributed by atoms with Crippen LogP contribution < -0.4 is 10.6 Å². The molecule has 0 radical (unpaired) electrons. The van der Waals surface area contributed by atoms with Gasteiger partial charge >= 0.3 is 0 Å². The van der Waals surface area contributed by atoms with Crippen molar-refractivity contribution in [2.24, 2.45) is 5.73 Å². The molecule has 1 rings (SSSR count). The van der Waals surface area contributed by atoms with E-state index in [4.69, 9.17) is 5.73 Å². The molecule has 14 heavy (non-hydrogen) atoms. The second-order valence-corrected chi connectivity index (χ2v) is 4.07. The molecule has 2 N–H and O–H groups in total. The number of rotatable bonds is 3. The number of nitrogens with two attached hydrogens (primary N) is 1. The lowest BCUT2D eigenvalue weighted by atomic mass is 9.92. The number of nitrogens with zero attached hydrogens (tertiary/aromatic N) is 2. The van der Waals surface area contributed by atoms with E-state index >= 15 is 0 Å². The van der Waals surface area contributed by atoms with Crippen molar-refractivity contribution in [3.8, 4) is 0 Å². The maximum atomic E-state index is 6.11. The van der Waals surface area contributed by atoms with E-state index in [0.717, 1.165) is 17.8 Å². The van der Waals surface area contributed by atoms with E-state index in [1.807, 2.05) is 44.2 Å². The Kier molecular flexibility index (Phi) is 3.11. The van der Waals surface area contributed by atoms with Gasteiger partial charge in [0.2, 0.25) is 0 Å². The fourth-order valence-electron chi connectivity index (χ4n) is 1.19.